The number of benzene rings is 1. The summed E-state index contributed by atoms with van der Waals surface area (Å²) in [6, 6.07) is 7.78. The molecule has 6 heteroatoms. The van der Waals surface area contributed by atoms with Gasteiger partial charge < -0.3 is 20.5 Å². The Balaban J connectivity index is 1.68. The van der Waals surface area contributed by atoms with Crippen LogP contribution in [0.5, 0.6) is 0 Å². The Morgan fingerprint density at radius 1 is 1.30 bits per heavy atom. The van der Waals surface area contributed by atoms with Crippen LogP contribution in [0.25, 0.3) is 10.9 Å². The highest BCUT2D eigenvalue weighted by Gasteiger charge is 2.36. The van der Waals surface area contributed by atoms with Crippen LogP contribution in [-0.4, -0.2) is 54.9 Å². The molecule has 6 nitrogen and oxygen atoms in total. The Morgan fingerprint density at radius 3 is 2.87 bits per heavy atom. The highest BCUT2D eigenvalue weighted by atomic mass is 16.2. The molecule has 2 aromatic rings. The average Bonchev–Trinajstić information content (AvgIpc) is 3.10. The van der Waals surface area contributed by atoms with Crippen molar-refractivity contribution in [1.82, 2.24) is 20.5 Å². The Labute approximate surface area is 135 Å². The normalized spacial score (nSPS) is 21.5. The van der Waals surface area contributed by atoms with Crippen molar-refractivity contribution >= 4 is 22.7 Å². The molecule has 2 amide bonds. The second kappa shape index (κ2) is 6.42. The van der Waals surface area contributed by atoms with Gasteiger partial charge in [-0.25, -0.2) is 0 Å². The molecule has 3 N–H and O–H groups in total. The number of hydrogen-bond donors (Lipinski definition) is 3. The quantitative estimate of drug-likeness (QED) is 0.769. The minimum Gasteiger partial charge on any atom is -0.361 e. The van der Waals surface area contributed by atoms with Gasteiger partial charge in [-0.05, 0) is 18.7 Å². The van der Waals surface area contributed by atoms with Gasteiger partial charge in [-0.2, -0.15) is 0 Å². The van der Waals surface area contributed by atoms with Crippen molar-refractivity contribution in [1.29, 1.82) is 0 Å². The number of nitrogens with zero attached hydrogens (tertiary/aromatic N) is 1. The van der Waals surface area contributed by atoms with E-state index in [-0.39, 0.29) is 23.8 Å². The zero-order chi connectivity index (χ0) is 16.4. The SMILES string of the molecule is CNC(=O)[C@@H]1CN(C)C[C@@H]1NC(=O)Cc1c[nH]c2ccccc12. The third-order valence-corrected chi connectivity index (χ3v) is 4.46. The van der Waals surface area contributed by atoms with Crippen LogP contribution in [0.1, 0.15) is 5.56 Å². The number of aromatic nitrogens is 1. The maximum Gasteiger partial charge on any atom is 0.226 e. The van der Waals surface area contributed by atoms with E-state index in [1.807, 2.05) is 37.5 Å². The van der Waals surface area contributed by atoms with Gasteiger partial charge in [0.15, 0.2) is 0 Å². The molecule has 1 aromatic carbocycles. The first-order chi connectivity index (χ1) is 11.1. The third-order valence-electron chi connectivity index (χ3n) is 4.46. The molecule has 122 valence electrons. The Kier molecular flexibility index (Phi) is 4.34. The lowest BCUT2D eigenvalue weighted by Gasteiger charge is -2.18. The first-order valence-corrected chi connectivity index (χ1v) is 7.83. The van der Waals surface area contributed by atoms with Crippen molar-refractivity contribution in [3.05, 3.63) is 36.0 Å². The number of carbonyl (C=O) groups excluding carboxylic acids is 2. The fourth-order valence-corrected chi connectivity index (χ4v) is 3.31. The molecule has 1 fully saturated rings. The number of aromatic amines is 1. The maximum atomic E-state index is 12.4. The summed E-state index contributed by atoms with van der Waals surface area (Å²) in [5.41, 5.74) is 2.00. The molecule has 1 aliphatic heterocycles. The predicted octanol–water partition coefficient (Wildman–Crippen LogP) is 0.503. The van der Waals surface area contributed by atoms with Gasteiger partial charge in [0.2, 0.25) is 11.8 Å². The van der Waals surface area contributed by atoms with Crippen LogP contribution in [0.3, 0.4) is 0 Å². The minimum absolute atomic E-state index is 0.0215. The van der Waals surface area contributed by atoms with Crippen LogP contribution >= 0.6 is 0 Å². The molecule has 2 heterocycles. The van der Waals surface area contributed by atoms with Crippen LogP contribution < -0.4 is 10.6 Å². The number of H-pyrrole nitrogens is 1. The lowest BCUT2D eigenvalue weighted by Crippen LogP contribution is -2.46. The van der Waals surface area contributed by atoms with Crippen LogP contribution in [0.2, 0.25) is 0 Å². The van der Waals surface area contributed by atoms with Crippen LogP contribution in [0, 0.1) is 5.92 Å². The summed E-state index contributed by atoms with van der Waals surface area (Å²) < 4.78 is 0. The van der Waals surface area contributed by atoms with Gasteiger partial charge >= 0.3 is 0 Å². The Hall–Kier alpha value is -2.34. The lowest BCUT2D eigenvalue weighted by atomic mass is 10.0. The number of amides is 2. The van der Waals surface area contributed by atoms with Crippen molar-refractivity contribution < 1.29 is 9.59 Å². The molecule has 23 heavy (non-hydrogen) atoms. The monoisotopic (exact) mass is 314 g/mol. The first-order valence-electron chi connectivity index (χ1n) is 7.83. The number of carbonyl (C=O) groups is 2. The largest absolute Gasteiger partial charge is 0.361 e. The molecule has 0 radical (unpaired) electrons. The second-order valence-corrected chi connectivity index (χ2v) is 6.15. The van der Waals surface area contributed by atoms with Gasteiger partial charge in [-0.3, -0.25) is 9.59 Å². The Bertz CT molecular complexity index is 724. The van der Waals surface area contributed by atoms with E-state index in [1.165, 1.54) is 0 Å². The molecule has 0 unspecified atom stereocenters. The summed E-state index contributed by atoms with van der Waals surface area (Å²) in [6.07, 6.45) is 2.19. The number of rotatable bonds is 4. The third kappa shape index (κ3) is 3.22. The predicted molar refractivity (Wildman–Crippen MR) is 89.0 cm³/mol. The fourth-order valence-electron chi connectivity index (χ4n) is 3.31. The molecule has 0 aliphatic carbocycles. The highest BCUT2D eigenvalue weighted by molar-refractivity contribution is 5.89. The number of hydrogen-bond acceptors (Lipinski definition) is 3. The van der Waals surface area contributed by atoms with Crippen molar-refractivity contribution in [3.8, 4) is 0 Å². The van der Waals surface area contributed by atoms with Crippen molar-refractivity contribution in [2.75, 3.05) is 27.2 Å². The topological polar surface area (TPSA) is 77.2 Å². The van der Waals surface area contributed by atoms with E-state index in [1.54, 1.807) is 7.05 Å². The molecule has 1 aliphatic rings. The van der Waals surface area contributed by atoms with Crippen molar-refractivity contribution in [3.63, 3.8) is 0 Å². The number of fused-ring (bicyclic) bond motifs is 1. The van der Waals surface area contributed by atoms with E-state index in [0.717, 1.165) is 16.5 Å². The Morgan fingerprint density at radius 2 is 2.09 bits per heavy atom. The summed E-state index contributed by atoms with van der Waals surface area (Å²) in [5, 5.41) is 6.76. The maximum absolute atomic E-state index is 12.4. The van der Waals surface area contributed by atoms with Gasteiger partial charge in [-0.15, -0.1) is 0 Å². The molecule has 1 saturated heterocycles. The molecule has 0 bridgehead atoms. The van der Waals surface area contributed by atoms with E-state index in [0.29, 0.717) is 19.5 Å². The zero-order valence-corrected chi connectivity index (χ0v) is 13.4. The standard InChI is InChI=1S/C17H22N4O2/c1-18-17(23)13-9-21(2)10-15(13)20-16(22)7-11-8-19-14-6-4-3-5-12(11)14/h3-6,8,13,15,19H,7,9-10H2,1-2H3,(H,18,23)(H,20,22)/t13-,15+/m1/s1. The van der Waals surface area contributed by atoms with Gasteiger partial charge in [0.1, 0.15) is 0 Å². The number of likely N-dealkylation sites (N-methyl/N-ethyl adjacent to an activating group) is 1. The van der Waals surface area contributed by atoms with Gasteiger partial charge in [0.05, 0.1) is 18.4 Å². The molecule has 2 atom stereocenters. The molecule has 1 aromatic heterocycles. The first kappa shape index (κ1) is 15.6. The van der Waals surface area contributed by atoms with Gasteiger partial charge in [-0.1, -0.05) is 18.2 Å². The van der Waals surface area contributed by atoms with E-state index >= 15 is 0 Å². The van der Waals surface area contributed by atoms with E-state index in [4.69, 9.17) is 0 Å². The summed E-state index contributed by atoms with van der Waals surface area (Å²) in [7, 11) is 3.59. The molecule has 0 saturated carbocycles. The van der Waals surface area contributed by atoms with Crippen LogP contribution in [-0.2, 0) is 16.0 Å². The second-order valence-electron chi connectivity index (χ2n) is 6.15. The fraction of sp³-hybridized carbons (Fsp3) is 0.412. The van der Waals surface area contributed by atoms with Crippen LogP contribution in [0.4, 0.5) is 0 Å². The summed E-state index contributed by atoms with van der Waals surface area (Å²) >= 11 is 0. The van der Waals surface area contributed by atoms with E-state index < -0.39 is 0 Å². The average molecular weight is 314 g/mol. The molecular formula is C17H22N4O2. The lowest BCUT2D eigenvalue weighted by molar-refractivity contribution is -0.125. The summed E-state index contributed by atoms with van der Waals surface area (Å²) in [4.78, 5) is 29.6. The minimum atomic E-state index is -0.197. The van der Waals surface area contributed by atoms with Gasteiger partial charge in [0, 0.05) is 37.2 Å². The molecule has 0 spiro atoms. The van der Waals surface area contributed by atoms with E-state index in [9.17, 15) is 9.59 Å². The van der Waals surface area contributed by atoms with Crippen LogP contribution in [0.15, 0.2) is 30.5 Å². The van der Waals surface area contributed by atoms with Gasteiger partial charge in [0.25, 0.3) is 0 Å². The number of para-hydroxylation sites is 1. The smallest absolute Gasteiger partial charge is 0.226 e. The summed E-state index contributed by atoms with van der Waals surface area (Å²) in [5.74, 6) is -0.271. The number of nitrogens with one attached hydrogen (secondary N) is 3. The van der Waals surface area contributed by atoms with Crippen molar-refractivity contribution in [2.24, 2.45) is 5.92 Å². The van der Waals surface area contributed by atoms with Crippen molar-refractivity contribution in [2.45, 2.75) is 12.5 Å². The zero-order valence-electron chi connectivity index (χ0n) is 13.4. The molecule has 3 rings (SSSR count). The highest BCUT2D eigenvalue weighted by Crippen LogP contribution is 2.19. The number of likely N-dealkylation sites (tertiary alicyclic amines) is 1. The van der Waals surface area contributed by atoms with E-state index in [2.05, 4.69) is 20.5 Å². The summed E-state index contributed by atoms with van der Waals surface area (Å²) in [6.45, 7) is 1.36. The molecular weight excluding hydrogens is 292 g/mol.